The molecule has 3 aliphatic rings. The van der Waals surface area contributed by atoms with E-state index in [9.17, 15) is 14.4 Å². The van der Waals surface area contributed by atoms with Crippen molar-refractivity contribution in [1.29, 1.82) is 0 Å². The summed E-state index contributed by atoms with van der Waals surface area (Å²) in [5, 5.41) is 9.05. The fraction of sp³-hybridized carbons (Fsp3) is 0.800. The molecular formula is C15H21NO4. The van der Waals surface area contributed by atoms with E-state index in [2.05, 4.69) is 0 Å². The molecule has 5 nitrogen and oxygen atoms in total. The summed E-state index contributed by atoms with van der Waals surface area (Å²) in [5.41, 5.74) is -0.499. The van der Waals surface area contributed by atoms with E-state index in [1.165, 1.54) is 4.90 Å². The number of imide groups is 1. The highest BCUT2D eigenvalue weighted by molar-refractivity contribution is 6.06. The lowest BCUT2D eigenvalue weighted by atomic mass is 9.73. The Morgan fingerprint density at radius 3 is 2.45 bits per heavy atom. The lowest BCUT2D eigenvalue weighted by Crippen LogP contribution is -2.45. The molecule has 0 bridgehead atoms. The molecule has 2 saturated carbocycles. The summed E-state index contributed by atoms with van der Waals surface area (Å²) in [6, 6.07) is -0.409. The molecule has 3 fully saturated rings. The lowest BCUT2D eigenvalue weighted by molar-refractivity contribution is -0.147. The molecule has 1 heterocycles. The van der Waals surface area contributed by atoms with Crippen molar-refractivity contribution in [2.75, 3.05) is 0 Å². The third-order valence-electron chi connectivity index (χ3n) is 5.12. The van der Waals surface area contributed by atoms with Gasteiger partial charge in [-0.3, -0.25) is 19.3 Å². The molecule has 2 aliphatic carbocycles. The summed E-state index contributed by atoms with van der Waals surface area (Å²) < 4.78 is 0. The lowest BCUT2D eigenvalue weighted by Gasteiger charge is -2.32. The summed E-state index contributed by atoms with van der Waals surface area (Å²) in [7, 11) is 0. The molecule has 3 rings (SSSR count). The third kappa shape index (κ3) is 2.23. The van der Waals surface area contributed by atoms with E-state index in [0.717, 1.165) is 44.9 Å². The number of carbonyl (C=O) groups excluding carboxylic acids is 2. The molecule has 20 heavy (non-hydrogen) atoms. The fourth-order valence-corrected chi connectivity index (χ4v) is 3.90. The molecule has 1 saturated heterocycles. The van der Waals surface area contributed by atoms with Crippen LogP contribution in [0.1, 0.15) is 57.8 Å². The molecule has 1 unspecified atom stereocenters. The highest BCUT2D eigenvalue weighted by Crippen LogP contribution is 2.48. The number of carbonyl (C=O) groups is 3. The molecule has 1 aliphatic heterocycles. The van der Waals surface area contributed by atoms with Gasteiger partial charge in [0.25, 0.3) is 0 Å². The number of hydrogen-bond donors (Lipinski definition) is 1. The second-order valence-electron chi connectivity index (χ2n) is 6.59. The van der Waals surface area contributed by atoms with Crippen LogP contribution in [0, 0.1) is 11.3 Å². The Balaban J connectivity index is 1.83. The minimum atomic E-state index is -0.924. The monoisotopic (exact) mass is 279 g/mol. The van der Waals surface area contributed by atoms with Crippen LogP contribution in [-0.4, -0.2) is 33.8 Å². The highest BCUT2D eigenvalue weighted by Gasteiger charge is 2.55. The maximum Gasteiger partial charge on any atom is 0.305 e. The number of carboxylic acids is 1. The van der Waals surface area contributed by atoms with Crippen LogP contribution < -0.4 is 0 Å². The second kappa shape index (κ2) is 4.86. The molecule has 0 aromatic carbocycles. The molecule has 0 aromatic heterocycles. The maximum atomic E-state index is 12.8. The van der Waals surface area contributed by atoms with Crippen LogP contribution in [0.15, 0.2) is 0 Å². The van der Waals surface area contributed by atoms with Crippen molar-refractivity contribution in [3.63, 3.8) is 0 Å². The Bertz CT molecular complexity index is 449. The Kier molecular flexibility index (Phi) is 3.30. The van der Waals surface area contributed by atoms with E-state index in [1.807, 2.05) is 0 Å². The molecular weight excluding hydrogens is 258 g/mol. The van der Waals surface area contributed by atoms with E-state index < -0.39 is 17.4 Å². The van der Waals surface area contributed by atoms with Crippen LogP contribution in [0.2, 0.25) is 0 Å². The highest BCUT2D eigenvalue weighted by atomic mass is 16.4. The van der Waals surface area contributed by atoms with Crippen LogP contribution in [0.4, 0.5) is 0 Å². The van der Waals surface area contributed by atoms with E-state index in [-0.39, 0.29) is 24.2 Å². The van der Waals surface area contributed by atoms with Crippen molar-refractivity contribution >= 4 is 17.8 Å². The van der Waals surface area contributed by atoms with Crippen molar-refractivity contribution in [1.82, 2.24) is 4.90 Å². The van der Waals surface area contributed by atoms with Crippen LogP contribution in [0.5, 0.6) is 0 Å². The predicted molar refractivity (Wildman–Crippen MR) is 70.8 cm³/mol. The van der Waals surface area contributed by atoms with Crippen molar-refractivity contribution in [3.05, 3.63) is 0 Å². The summed E-state index contributed by atoms with van der Waals surface area (Å²) in [5.74, 6) is -0.944. The van der Waals surface area contributed by atoms with Gasteiger partial charge in [0, 0.05) is 6.42 Å². The smallest absolute Gasteiger partial charge is 0.305 e. The SMILES string of the molecule is O=C(O)CC(C1CC1)N1C(=O)CC2(CCCCC2)C1=O. The van der Waals surface area contributed by atoms with Gasteiger partial charge in [-0.2, -0.15) is 0 Å². The molecule has 1 N–H and O–H groups in total. The summed E-state index contributed by atoms with van der Waals surface area (Å²) in [4.78, 5) is 37.4. The molecule has 5 heteroatoms. The van der Waals surface area contributed by atoms with E-state index >= 15 is 0 Å². The van der Waals surface area contributed by atoms with Gasteiger partial charge in [0.2, 0.25) is 11.8 Å². The Hall–Kier alpha value is -1.39. The maximum absolute atomic E-state index is 12.8. The van der Waals surface area contributed by atoms with Crippen LogP contribution in [0.3, 0.4) is 0 Å². The van der Waals surface area contributed by atoms with Gasteiger partial charge in [-0.15, -0.1) is 0 Å². The van der Waals surface area contributed by atoms with Crippen molar-refractivity contribution < 1.29 is 19.5 Å². The topological polar surface area (TPSA) is 74.7 Å². The standard InChI is InChI=1S/C15H21NO4/c17-12-9-15(6-2-1-3-7-15)14(20)16(12)11(8-13(18)19)10-4-5-10/h10-11H,1-9H2,(H,18,19). The zero-order valence-corrected chi connectivity index (χ0v) is 11.6. The number of carboxylic acid groups (broad SMARTS) is 1. The molecule has 1 spiro atoms. The number of nitrogens with zero attached hydrogens (tertiary/aromatic N) is 1. The summed E-state index contributed by atoms with van der Waals surface area (Å²) in [6.45, 7) is 0. The average molecular weight is 279 g/mol. The van der Waals surface area contributed by atoms with Crippen LogP contribution in [0.25, 0.3) is 0 Å². The minimum Gasteiger partial charge on any atom is -0.481 e. The first-order valence-corrected chi connectivity index (χ1v) is 7.62. The average Bonchev–Trinajstić information content (AvgIpc) is 3.19. The molecule has 0 radical (unpaired) electrons. The molecule has 0 aromatic rings. The number of amides is 2. The van der Waals surface area contributed by atoms with Crippen LogP contribution in [-0.2, 0) is 14.4 Å². The Morgan fingerprint density at radius 1 is 1.25 bits per heavy atom. The van der Waals surface area contributed by atoms with E-state index in [1.54, 1.807) is 0 Å². The first-order chi connectivity index (χ1) is 9.53. The third-order valence-corrected chi connectivity index (χ3v) is 5.12. The largest absolute Gasteiger partial charge is 0.481 e. The molecule has 1 atom stereocenters. The summed E-state index contributed by atoms with van der Waals surface area (Å²) >= 11 is 0. The second-order valence-corrected chi connectivity index (χ2v) is 6.59. The van der Waals surface area contributed by atoms with Gasteiger partial charge in [-0.05, 0) is 31.6 Å². The summed E-state index contributed by atoms with van der Waals surface area (Å²) in [6.07, 6.45) is 6.78. The van der Waals surface area contributed by atoms with Crippen molar-refractivity contribution in [3.8, 4) is 0 Å². The van der Waals surface area contributed by atoms with Gasteiger partial charge < -0.3 is 5.11 Å². The van der Waals surface area contributed by atoms with Gasteiger partial charge in [-0.1, -0.05) is 19.3 Å². The van der Waals surface area contributed by atoms with E-state index in [0.29, 0.717) is 6.42 Å². The van der Waals surface area contributed by atoms with Crippen molar-refractivity contribution in [2.24, 2.45) is 11.3 Å². The first-order valence-electron chi connectivity index (χ1n) is 7.62. The van der Waals surface area contributed by atoms with Gasteiger partial charge in [0.05, 0.1) is 17.9 Å². The quantitative estimate of drug-likeness (QED) is 0.798. The Morgan fingerprint density at radius 2 is 1.90 bits per heavy atom. The normalized spacial score (nSPS) is 27.1. The van der Waals surface area contributed by atoms with Crippen LogP contribution >= 0.6 is 0 Å². The number of rotatable bonds is 4. The Labute approximate surface area is 118 Å². The minimum absolute atomic E-state index is 0.0830. The zero-order chi connectivity index (χ0) is 14.3. The predicted octanol–water partition coefficient (Wildman–Crippen LogP) is 1.95. The molecule has 110 valence electrons. The van der Waals surface area contributed by atoms with Gasteiger partial charge in [0.1, 0.15) is 0 Å². The van der Waals surface area contributed by atoms with Gasteiger partial charge >= 0.3 is 5.97 Å². The first kappa shape index (κ1) is 13.6. The van der Waals surface area contributed by atoms with Gasteiger partial charge in [-0.25, -0.2) is 0 Å². The van der Waals surface area contributed by atoms with Crippen molar-refractivity contribution in [2.45, 2.75) is 63.8 Å². The number of likely N-dealkylation sites (tertiary alicyclic amines) is 1. The fourth-order valence-electron chi connectivity index (χ4n) is 3.90. The number of hydrogen-bond acceptors (Lipinski definition) is 3. The van der Waals surface area contributed by atoms with E-state index in [4.69, 9.17) is 5.11 Å². The molecule has 2 amide bonds. The zero-order valence-electron chi connectivity index (χ0n) is 11.6. The number of aliphatic carboxylic acids is 1. The van der Waals surface area contributed by atoms with Gasteiger partial charge in [0.15, 0.2) is 0 Å².